The maximum Gasteiger partial charge on any atom is 0.325 e. The number of pyridine rings is 2. The Kier molecular flexibility index (Phi) is 6.21. The molecule has 128 valence electrons. The van der Waals surface area contributed by atoms with Crippen LogP contribution in [0.2, 0.25) is 0 Å². The van der Waals surface area contributed by atoms with E-state index < -0.39 is 10.0 Å². The van der Waals surface area contributed by atoms with E-state index in [0.717, 1.165) is 0 Å². The molecule has 0 bridgehead atoms. The fourth-order valence-electron chi connectivity index (χ4n) is 1.80. The third-order valence-corrected chi connectivity index (χ3v) is 4.20. The van der Waals surface area contributed by atoms with E-state index in [1.807, 2.05) is 0 Å². The van der Waals surface area contributed by atoms with Crippen LogP contribution in [0.25, 0.3) is 0 Å². The first-order chi connectivity index (χ1) is 11.5. The monoisotopic (exact) mass is 350 g/mol. The highest BCUT2D eigenvalue weighted by Crippen LogP contribution is 2.07. The van der Waals surface area contributed by atoms with Crippen molar-refractivity contribution in [2.24, 2.45) is 0 Å². The molecule has 0 unspecified atom stereocenters. The van der Waals surface area contributed by atoms with Gasteiger partial charge in [0.15, 0.2) is 5.03 Å². The average molecular weight is 350 g/mol. The first-order valence-electron chi connectivity index (χ1n) is 7.27. The number of hydrogen-bond donors (Lipinski definition) is 2. The maximum atomic E-state index is 12.1. The third kappa shape index (κ3) is 5.28. The fourth-order valence-corrected chi connectivity index (χ4v) is 2.74. The van der Waals surface area contributed by atoms with Crippen molar-refractivity contribution in [3.05, 3.63) is 48.3 Å². The first-order valence-corrected chi connectivity index (χ1v) is 8.75. The SMILES string of the molecule is CCOC(=O)CNc1cccc(CNS(=O)(=O)c2ccccn2)n1. The number of sulfonamides is 1. The Morgan fingerprint density at radius 2 is 2.04 bits per heavy atom. The van der Waals surface area contributed by atoms with Crippen molar-refractivity contribution < 1.29 is 17.9 Å². The van der Waals surface area contributed by atoms with Gasteiger partial charge in [0.05, 0.1) is 18.8 Å². The number of nitrogens with zero attached hydrogens (tertiary/aromatic N) is 2. The molecule has 0 saturated heterocycles. The van der Waals surface area contributed by atoms with Crippen molar-refractivity contribution in [1.82, 2.24) is 14.7 Å². The Morgan fingerprint density at radius 1 is 1.21 bits per heavy atom. The number of carbonyl (C=O) groups is 1. The van der Waals surface area contributed by atoms with Crippen LogP contribution < -0.4 is 10.0 Å². The highest BCUT2D eigenvalue weighted by atomic mass is 32.2. The summed E-state index contributed by atoms with van der Waals surface area (Å²) in [6, 6.07) is 9.71. The minimum absolute atomic E-state index is 0.00777. The molecule has 0 aliphatic heterocycles. The van der Waals surface area contributed by atoms with Crippen molar-refractivity contribution in [2.45, 2.75) is 18.5 Å². The molecule has 0 aromatic carbocycles. The predicted octanol–water partition coefficient (Wildman–Crippen LogP) is 0.930. The van der Waals surface area contributed by atoms with E-state index in [-0.39, 0.29) is 24.1 Å². The van der Waals surface area contributed by atoms with E-state index in [4.69, 9.17) is 4.74 Å². The average Bonchev–Trinajstić information content (AvgIpc) is 2.60. The van der Waals surface area contributed by atoms with Crippen LogP contribution >= 0.6 is 0 Å². The van der Waals surface area contributed by atoms with Gasteiger partial charge in [-0.25, -0.2) is 23.1 Å². The molecule has 9 heteroatoms. The van der Waals surface area contributed by atoms with Crippen LogP contribution in [-0.4, -0.2) is 37.5 Å². The molecule has 24 heavy (non-hydrogen) atoms. The van der Waals surface area contributed by atoms with Gasteiger partial charge in [-0.05, 0) is 31.2 Å². The number of ether oxygens (including phenoxy) is 1. The van der Waals surface area contributed by atoms with E-state index in [9.17, 15) is 13.2 Å². The summed E-state index contributed by atoms with van der Waals surface area (Å²) in [6.07, 6.45) is 1.41. The summed E-state index contributed by atoms with van der Waals surface area (Å²) in [4.78, 5) is 19.4. The molecule has 0 amide bonds. The van der Waals surface area contributed by atoms with E-state index in [2.05, 4.69) is 20.0 Å². The zero-order valence-corrected chi connectivity index (χ0v) is 13.9. The van der Waals surface area contributed by atoms with Gasteiger partial charge in [-0.3, -0.25) is 4.79 Å². The highest BCUT2D eigenvalue weighted by molar-refractivity contribution is 7.89. The summed E-state index contributed by atoms with van der Waals surface area (Å²) >= 11 is 0. The number of nitrogens with one attached hydrogen (secondary N) is 2. The molecule has 0 aliphatic rings. The molecule has 0 fully saturated rings. The van der Waals surface area contributed by atoms with Crippen LogP contribution in [0.5, 0.6) is 0 Å². The van der Waals surface area contributed by atoms with Crippen molar-refractivity contribution in [3.8, 4) is 0 Å². The molecular formula is C15H18N4O4S. The molecule has 2 heterocycles. The van der Waals surface area contributed by atoms with Crippen LogP contribution in [0.3, 0.4) is 0 Å². The molecule has 0 radical (unpaired) electrons. The zero-order chi connectivity index (χ0) is 17.4. The smallest absolute Gasteiger partial charge is 0.325 e. The van der Waals surface area contributed by atoms with Crippen LogP contribution in [0, 0.1) is 0 Å². The van der Waals surface area contributed by atoms with Gasteiger partial charge in [0.2, 0.25) is 0 Å². The number of anilines is 1. The van der Waals surface area contributed by atoms with Gasteiger partial charge >= 0.3 is 5.97 Å². The van der Waals surface area contributed by atoms with Crippen LogP contribution in [0.4, 0.5) is 5.82 Å². The molecule has 2 aromatic rings. The van der Waals surface area contributed by atoms with Gasteiger partial charge in [-0.15, -0.1) is 0 Å². The van der Waals surface area contributed by atoms with Crippen LogP contribution in [0.1, 0.15) is 12.6 Å². The van der Waals surface area contributed by atoms with Crippen molar-refractivity contribution in [2.75, 3.05) is 18.5 Å². The van der Waals surface area contributed by atoms with Gasteiger partial charge in [0.25, 0.3) is 10.0 Å². The number of aromatic nitrogens is 2. The first kappa shape index (κ1) is 17.8. The minimum Gasteiger partial charge on any atom is -0.465 e. The summed E-state index contributed by atoms with van der Waals surface area (Å²) in [7, 11) is -3.70. The summed E-state index contributed by atoms with van der Waals surface area (Å²) in [5, 5.41) is 2.77. The molecular weight excluding hydrogens is 332 g/mol. The highest BCUT2D eigenvalue weighted by Gasteiger charge is 2.14. The summed E-state index contributed by atoms with van der Waals surface area (Å²) in [5.74, 6) is 0.0677. The third-order valence-electron chi connectivity index (χ3n) is 2.88. The number of carbonyl (C=O) groups excluding carboxylic acids is 1. The molecule has 0 aliphatic carbocycles. The van der Waals surface area contributed by atoms with Gasteiger partial charge in [0, 0.05) is 6.20 Å². The Hall–Kier alpha value is -2.52. The molecule has 0 atom stereocenters. The summed E-state index contributed by atoms with van der Waals surface area (Å²) in [6.45, 7) is 2.03. The molecule has 0 saturated carbocycles. The van der Waals surface area contributed by atoms with Crippen LogP contribution in [-0.2, 0) is 26.1 Å². The predicted molar refractivity (Wildman–Crippen MR) is 87.6 cm³/mol. The second-order valence-electron chi connectivity index (χ2n) is 4.67. The fraction of sp³-hybridized carbons (Fsp3) is 0.267. The van der Waals surface area contributed by atoms with E-state index >= 15 is 0 Å². The lowest BCUT2D eigenvalue weighted by molar-refractivity contribution is -0.140. The molecule has 2 rings (SSSR count). The van der Waals surface area contributed by atoms with Crippen molar-refractivity contribution in [3.63, 3.8) is 0 Å². The van der Waals surface area contributed by atoms with Crippen LogP contribution in [0.15, 0.2) is 47.6 Å². The van der Waals surface area contributed by atoms with E-state index in [0.29, 0.717) is 18.1 Å². The number of hydrogen-bond acceptors (Lipinski definition) is 7. The molecule has 2 N–H and O–H groups in total. The Bertz CT molecular complexity index is 781. The standard InChI is InChI=1S/C15H18N4O4S/c1-2-23-15(20)11-17-13-7-5-6-12(19-13)10-18-24(21,22)14-8-3-4-9-16-14/h3-9,18H,2,10-11H2,1H3,(H,17,19). The maximum absolute atomic E-state index is 12.1. The second-order valence-corrected chi connectivity index (χ2v) is 6.38. The van der Waals surface area contributed by atoms with Gasteiger partial charge in [-0.2, -0.15) is 0 Å². The molecule has 0 spiro atoms. The van der Waals surface area contributed by atoms with Gasteiger partial charge in [-0.1, -0.05) is 12.1 Å². The topological polar surface area (TPSA) is 110 Å². The zero-order valence-electron chi connectivity index (χ0n) is 13.1. The van der Waals surface area contributed by atoms with Crippen molar-refractivity contribution in [1.29, 1.82) is 0 Å². The Labute approximate surface area is 140 Å². The molecule has 2 aromatic heterocycles. The van der Waals surface area contributed by atoms with E-state index in [1.165, 1.54) is 12.3 Å². The number of rotatable bonds is 8. The lowest BCUT2D eigenvalue weighted by atomic mass is 10.3. The van der Waals surface area contributed by atoms with Crippen molar-refractivity contribution >= 4 is 21.8 Å². The Balaban J connectivity index is 1.96. The Morgan fingerprint density at radius 3 is 2.75 bits per heavy atom. The largest absolute Gasteiger partial charge is 0.465 e. The summed E-state index contributed by atoms with van der Waals surface area (Å²) < 4.78 is 31.4. The lowest BCUT2D eigenvalue weighted by Gasteiger charge is -2.08. The number of esters is 1. The lowest BCUT2D eigenvalue weighted by Crippen LogP contribution is -2.24. The normalized spacial score (nSPS) is 11.0. The molecule has 8 nitrogen and oxygen atoms in total. The quantitative estimate of drug-likeness (QED) is 0.681. The summed E-state index contributed by atoms with van der Waals surface area (Å²) in [5.41, 5.74) is 0.503. The second kappa shape index (κ2) is 8.37. The minimum atomic E-state index is -3.70. The van der Waals surface area contributed by atoms with Gasteiger partial charge < -0.3 is 10.1 Å². The van der Waals surface area contributed by atoms with E-state index in [1.54, 1.807) is 37.3 Å². The van der Waals surface area contributed by atoms with Gasteiger partial charge in [0.1, 0.15) is 12.4 Å².